The van der Waals surface area contributed by atoms with Crippen molar-refractivity contribution in [1.82, 2.24) is 4.98 Å². The number of carbonyl (C=O) groups excluding carboxylic acids is 2. The number of aromatic nitrogens is 1. The largest absolute Gasteiger partial charge is 0.456 e. The molecule has 7 atom stereocenters. The lowest BCUT2D eigenvalue weighted by molar-refractivity contribution is -0.163. The molecule has 36 heavy (non-hydrogen) atoms. The Morgan fingerprint density at radius 1 is 1.25 bits per heavy atom. The fourth-order valence-corrected chi connectivity index (χ4v) is 6.19. The van der Waals surface area contributed by atoms with Gasteiger partial charge in [-0.15, -0.1) is 11.3 Å². The molecule has 2 aliphatic heterocycles. The van der Waals surface area contributed by atoms with E-state index in [1.807, 2.05) is 12.3 Å². The Morgan fingerprint density at radius 3 is 2.58 bits per heavy atom. The third-order valence-electron chi connectivity index (χ3n) is 7.66. The van der Waals surface area contributed by atoms with Gasteiger partial charge in [-0.05, 0) is 32.8 Å². The van der Waals surface area contributed by atoms with Crippen LogP contribution in [-0.2, 0) is 23.8 Å². The molecule has 0 amide bonds. The van der Waals surface area contributed by atoms with E-state index in [9.17, 15) is 19.8 Å². The van der Waals surface area contributed by atoms with Crippen LogP contribution in [0.3, 0.4) is 0 Å². The summed E-state index contributed by atoms with van der Waals surface area (Å²) in [5, 5.41) is 23.8. The SMILES string of the molecule is Cc1nc(C=C(Cl)[C@@H]2C[C@H]3O[C@@]3(Cl)CCO[C@@H](C)[C@@H](O)[C@@H](C)C(=O)C3(CCC3)[C@@H](O)CC(=O)O2)cs1. The van der Waals surface area contributed by atoms with Crippen LogP contribution in [0, 0.1) is 18.3 Å². The van der Waals surface area contributed by atoms with Crippen LogP contribution in [0.5, 0.6) is 0 Å². The highest BCUT2D eigenvalue weighted by atomic mass is 35.5. The van der Waals surface area contributed by atoms with E-state index >= 15 is 0 Å². The van der Waals surface area contributed by atoms with Crippen molar-refractivity contribution < 1.29 is 34.0 Å². The molecule has 2 N–H and O–H groups in total. The van der Waals surface area contributed by atoms with Gasteiger partial charge in [-0.25, -0.2) is 4.98 Å². The third-order valence-corrected chi connectivity index (χ3v) is 9.32. The first kappa shape index (κ1) is 28.0. The average Bonchev–Trinajstić information content (AvgIpc) is 3.22. The molecule has 1 spiro atoms. The van der Waals surface area contributed by atoms with Gasteiger partial charge in [0.2, 0.25) is 0 Å². The highest BCUT2D eigenvalue weighted by molar-refractivity contribution is 7.09. The molecule has 3 aliphatic rings. The second-order valence-electron chi connectivity index (χ2n) is 10.1. The number of aliphatic hydroxyl groups is 2. The number of cyclic esters (lactones) is 1. The minimum atomic E-state index is -1.24. The fourth-order valence-electron chi connectivity index (χ4n) is 5.10. The number of fused-ring (bicyclic) bond motifs is 1. The number of Topliss-reactive ketones (excluding diaryl/α,β-unsaturated/α-hetero) is 1. The van der Waals surface area contributed by atoms with E-state index in [-0.39, 0.29) is 30.3 Å². The van der Waals surface area contributed by atoms with Gasteiger partial charge in [-0.3, -0.25) is 9.59 Å². The van der Waals surface area contributed by atoms with Crippen LogP contribution in [0.15, 0.2) is 10.4 Å². The Labute approximate surface area is 224 Å². The molecule has 11 heteroatoms. The lowest BCUT2D eigenvalue weighted by Crippen LogP contribution is -2.53. The number of hydrogen-bond acceptors (Lipinski definition) is 9. The third kappa shape index (κ3) is 5.82. The number of halogens is 2. The number of esters is 1. The number of carbonyl (C=O) groups is 2. The molecule has 4 rings (SSSR count). The lowest BCUT2D eigenvalue weighted by Gasteiger charge is -2.46. The maximum absolute atomic E-state index is 13.4. The van der Waals surface area contributed by atoms with Gasteiger partial charge in [-0.2, -0.15) is 0 Å². The topological polar surface area (TPSA) is 118 Å². The zero-order valence-corrected chi connectivity index (χ0v) is 22.9. The van der Waals surface area contributed by atoms with Crippen LogP contribution in [0.4, 0.5) is 0 Å². The van der Waals surface area contributed by atoms with E-state index in [2.05, 4.69) is 4.98 Å². The molecule has 200 valence electrons. The van der Waals surface area contributed by atoms with Crippen LogP contribution >= 0.6 is 34.5 Å². The quantitative estimate of drug-likeness (QED) is 0.316. The van der Waals surface area contributed by atoms with Gasteiger partial charge in [0, 0.05) is 24.1 Å². The molecule has 0 bridgehead atoms. The Kier molecular flexibility index (Phi) is 8.51. The number of rotatable bonds is 2. The minimum Gasteiger partial charge on any atom is -0.456 e. The Balaban J connectivity index is 1.58. The van der Waals surface area contributed by atoms with E-state index in [0.29, 0.717) is 25.0 Å². The molecule has 1 aromatic heterocycles. The normalized spacial score (nSPS) is 38.2. The van der Waals surface area contributed by atoms with Crippen molar-refractivity contribution in [2.24, 2.45) is 11.3 Å². The molecular weight excluding hydrogens is 529 g/mol. The van der Waals surface area contributed by atoms with Crippen molar-refractivity contribution in [3.63, 3.8) is 0 Å². The predicted octanol–water partition coefficient (Wildman–Crippen LogP) is 3.96. The minimum absolute atomic E-state index is 0.207. The number of aliphatic hydroxyl groups excluding tert-OH is 2. The zero-order valence-electron chi connectivity index (χ0n) is 20.6. The summed E-state index contributed by atoms with van der Waals surface area (Å²) in [4.78, 5) is 30.7. The molecule has 1 saturated carbocycles. The highest BCUT2D eigenvalue weighted by Crippen LogP contribution is 2.49. The summed E-state index contributed by atoms with van der Waals surface area (Å²) in [7, 11) is 0. The van der Waals surface area contributed by atoms with Crippen LogP contribution in [0.25, 0.3) is 6.08 Å². The number of epoxide rings is 1. The van der Waals surface area contributed by atoms with Gasteiger partial charge in [0.15, 0.2) is 5.06 Å². The summed E-state index contributed by atoms with van der Waals surface area (Å²) in [6, 6.07) is 0. The van der Waals surface area contributed by atoms with Gasteiger partial charge in [0.25, 0.3) is 0 Å². The molecule has 1 aliphatic carbocycles. The fraction of sp³-hybridized carbons (Fsp3) is 0.720. The second-order valence-corrected chi connectivity index (χ2v) is 12.3. The monoisotopic (exact) mass is 561 g/mol. The summed E-state index contributed by atoms with van der Waals surface area (Å²) in [6.07, 6.45) is -0.737. The average molecular weight is 563 g/mol. The van der Waals surface area contributed by atoms with Crippen LogP contribution in [-0.4, -0.2) is 69.1 Å². The smallest absolute Gasteiger partial charge is 0.309 e. The van der Waals surface area contributed by atoms with Gasteiger partial charge in [0.1, 0.15) is 18.0 Å². The van der Waals surface area contributed by atoms with Crippen molar-refractivity contribution in [3.8, 4) is 0 Å². The van der Waals surface area contributed by atoms with Crippen molar-refractivity contribution in [2.75, 3.05) is 6.61 Å². The van der Waals surface area contributed by atoms with E-state index in [1.54, 1.807) is 19.9 Å². The number of alkyl halides is 1. The van der Waals surface area contributed by atoms with Gasteiger partial charge in [-0.1, -0.05) is 36.5 Å². The van der Waals surface area contributed by atoms with Crippen molar-refractivity contribution in [1.29, 1.82) is 0 Å². The van der Waals surface area contributed by atoms with Crippen molar-refractivity contribution >= 4 is 52.4 Å². The standard InChI is InChI=1S/C25H33Cl2NO7S/c1-13-22(31)14(2)33-8-7-25(27)20(35-25)10-18(17(26)9-16-12-36-15(3)28-16)34-21(30)11-19(29)24(23(13)32)5-4-6-24/h9,12-14,18-20,22,29,31H,4-8,10-11H2,1-3H3/t13-,14+,18+,19+,20-,22+,25+/m1/s1. The van der Waals surface area contributed by atoms with E-state index < -0.39 is 52.9 Å². The lowest BCUT2D eigenvalue weighted by atomic mass is 9.59. The maximum Gasteiger partial charge on any atom is 0.309 e. The Bertz CT molecular complexity index is 1010. The summed E-state index contributed by atoms with van der Waals surface area (Å²) in [5.41, 5.74) is -0.442. The summed E-state index contributed by atoms with van der Waals surface area (Å²) in [5.74, 6) is -1.72. The molecular formula is C25H33Cl2NO7S. The van der Waals surface area contributed by atoms with E-state index in [0.717, 1.165) is 11.4 Å². The molecule has 8 nitrogen and oxygen atoms in total. The summed E-state index contributed by atoms with van der Waals surface area (Å²) >= 11 is 14.7. The molecule has 0 aromatic carbocycles. The Hall–Kier alpha value is -1.07. The van der Waals surface area contributed by atoms with Crippen molar-refractivity contribution in [3.05, 3.63) is 21.1 Å². The molecule has 0 radical (unpaired) electrons. The van der Waals surface area contributed by atoms with Crippen LogP contribution in [0.2, 0.25) is 0 Å². The highest BCUT2D eigenvalue weighted by Gasteiger charge is 2.57. The number of nitrogens with zero attached hydrogens (tertiary/aromatic N) is 1. The first-order valence-corrected chi connectivity index (χ1v) is 14.0. The van der Waals surface area contributed by atoms with E-state index in [4.69, 9.17) is 37.4 Å². The second kappa shape index (κ2) is 11.0. The molecule has 3 heterocycles. The first-order chi connectivity index (χ1) is 16.9. The van der Waals surface area contributed by atoms with Crippen LogP contribution in [0.1, 0.15) is 63.1 Å². The number of aryl methyl sites for hydroxylation is 1. The summed E-state index contributed by atoms with van der Waals surface area (Å²) < 4.78 is 17.2. The molecule has 1 aromatic rings. The number of ether oxygens (including phenoxy) is 3. The first-order valence-electron chi connectivity index (χ1n) is 12.3. The Morgan fingerprint density at radius 2 is 1.97 bits per heavy atom. The number of ketones is 1. The van der Waals surface area contributed by atoms with Gasteiger partial charge < -0.3 is 24.4 Å². The zero-order chi connectivity index (χ0) is 26.3. The maximum atomic E-state index is 13.4. The predicted molar refractivity (Wildman–Crippen MR) is 136 cm³/mol. The molecule has 0 unspecified atom stereocenters. The van der Waals surface area contributed by atoms with Gasteiger partial charge >= 0.3 is 5.97 Å². The van der Waals surface area contributed by atoms with Crippen molar-refractivity contribution in [2.45, 2.75) is 94.9 Å². The molecule has 2 saturated heterocycles. The van der Waals surface area contributed by atoms with E-state index in [1.165, 1.54) is 11.3 Å². The molecule has 3 fully saturated rings. The number of thiazole rings is 1. The summed E-state index contributed by atoms with van der Waals surface area (Å²) in [6.45, 7) is 5.42. The number of hydrogen-bond donors (Lipinski definition) is 2. The van der Waals surface area contributed by atoms with Gasteiger partial charge in [0.05, 0.1) is 52.5 Å². The van der Waals surface area contributed by atoms with Crippen LogP contribution < -0.4 is 0 Å².